The minimum atomic E-state index is 0.0324. The fraction of sp³-hybridized carbons (Fsp3) is 0.241. The molecule has 1 saturated heterocycles. The van der Waals surface area contributed by atoms with Crippen LogP contribution in [0, 0.1) is 0 Å². The fourth-order valence-corrected chi connectivity index (χ4v) is 5.11. The second-order valence-electron chi connectivity index (χ2n) is 9.39. The van der Waals surface area contributed by atoms with Crippen molar-refractivity contribution < 1.29 is 9.53 Å². The number of fused-ring (bicyclic) bond motifs is 3. The Morgan fingerprint density at radius 1 is 0.973 bits per heavy atom. The molecule has 1 aliphatic heterocycles. The minimum Gasteiger partial charge on any atom is -0.497 e. The molecule has 8 heteroatoms. The van der Waals surface area contributed by atoms with Crippen molar-refractivity contribution in [3.05, 3.63) is 84.4 Å². The number of piperazine rings is 1. The first-order valence-corrected chi connectivity index (χ1v) is 12.5. The maximum atomic E-state index is 13.1. The number of carbonyl (C=O) groups is 1. The van der Waals surface area contributed by atoms with E-state index in [1.807, 2.05) is 88.2 Å². The van der Waals surface area contributed by atoms with E-state index in [0.717, 1.165) is 39.4 Å². The number of aromatic nitrogens is 4. The third-order valence-electron chi connectivity index (χ3n) is 6.99. The summed E-state index contributed by atoms with van der Waals surface area (Å²) in [6, 6.07) is 25.8. The maximum Gasteiger partial charge on any atom is 0.227 e. The lowest BCUT2D eigenvalue weighted by molar-refractivity contribution is -0.132. The second kappa shape index (κ2) is 9.54. The number of carbonyl (C=O) groups excluding carboxylic acids is 1. The predicted octanol–water partition coefficient (Wildman–Crippen LogP) is 4.23. The number of ether oxygens (including phenoxy) is 1. The molecule has 5 aromatic rings. The standard InChI is InChI=1S/C29H28N6O2/c1-20-19-33(15-16-34(20)26(36)17-21-9-4-3-5-10-21)29-30-25-14-7-6-13-24(25)28-32-31-27(35(28)29)22-11-8-12-23(18-22)37-2/h3-14,18,20H,15-17,19H2,1-2H3/t20-/m1/s1. The molecule has 0 saturated carbocycles. The van der Waals surface area contributed by atoms with Crippen molar-refractivity contribution in [2.45, 2.75) is 19.4 Å². The molecular weight excluding hydrogens is 464 g/mol. The van der Waals surface area contributed by atoms with Gasteiger partial charge in [-0.3, -0.25) is 4.79 Å². The fourth-order valence-electron chi connectivity index (χ4n) is 5.11. The summed E-state index contributed by atoms with van der Waals surface area (Å²) >= 11 is 0. The number of hydrogen-bond donors (Lipinski definition) is 0. The summed E-state index contributed by atoms with van der Waals surface area (Å²) < 4.78 is 7.48. The molecule has 1 atom stereocenters. The molecule has 8 nitrogen and oxygen atoms in total. The SMILES string of the molecule is COc1cccc(-c2nnc3c4ccccc4nc(N4CCN(C(=O)Cc5ccccc5)[C@H](C)C4)n23)c1. The van der Waals surface area contributed by atoms with E-state index in [1.165, 1.54) is 0 Å². The summed E-state index contributed by atoms with van der Waals surface area (Å²) in [5.74, 6) is 2.39. The molecule has 1 amide bonds. The Morgan fingerprint density at radius 2 is 1.78 bits per heavy atom. The van der Waals surface area contributed by atoms with Crippen LogP contribution in [-0.2, 0) is 11.2 Å². The van der Waals surface area contributed by atoms with Crippen LogP contribution < -0.4 is 9.64 Å². The van der Waals surface area contributed by atoms with Gasteiger partial charge in [-0.2, -0.15) is 0 Å². The van der Waals surface area contributed by atoms with E-state index >= 15 is 0 Å². The van der Waals surface area contributed by atoms with Crippen LogP contribution in [0.2, 0.25) is 0 Å². The zero-order chi connectivity index (χ0) is 25.4. The molecule has 0 unspecified atom stereocenters. The zero-order valence-electron chi connectivity index (χ0n) is 20.9. The van der Waals surface area contributed by atoms with Crippen LogP contribution in [0.5, 0.6) is 5.75 Å². The molecule has 3 heterocycles. The Kier molecular flexibility index (Phi) is 5.92. The molecule has 37 heavy (non-hydrogen) atoms. The van der Waals surface area contributed by atoms with Crippen LogP contribution in [0.15, 0.2) is 78.9 Å². The maximum absolute atomic E-state index is 13.1. The number of hydrogen-bond acceptors (Lipinski definition) is 6. The Hall–Kier alpha value is -4.46. The molecule has 2 aromatic heterocycles. The average Bonchev–Trinajstić information content (AvgIpc) is 3.39. The largest absolute Gasteiger partial charge is 0.497 e. The summed E-state index contributed by atoms with van der Waals surface area (Å²) in [5, 5.41) is 10.1. The summed E-state index contributed by atoms with van der Waals surface area (Å²) in [5.41, 5.74) is 3.56. The second-order valence-corrected chi connectivity index (χ2v) is 9.39. The Morgan fingerprint density at radius 3 is 2.59 bits per heavy atom. The molecule has 0 spiro atoms. The lowest BCUT2D eigenvalue weighted by atomic mass is 10.1. The van der Waals surface area contributed by atoms with Crippen molar-refractivity contribution in [3.8, 4) is 17.1 Å². The third kappa shape index (κ3) is 4.24. The van der Waals surface area contributed by atoms with Crippen LogP contribution in [0.25, 0.3) is 27.9 Å². The highest BCUT2D eigenvalue weighted by Gasteiger charge is 2.30. The van der Waals surface area contributed by atoms with E-state index in [0.29, 0.717) is 31.9 Å². The topological polar surface area (TPSA) is 75.9 Å². The highest BCUT2D eigenvalue weighted by atomic mass is 16.5. The highest BCUT2D eigenvalue weighted by molar-refractivity contribution is 5.93. The van der Waals surface area contributed by atoms with Crippen molar-refractivity contribution in [2.75, 3.05) is 31.6 Å². The molecule has 3 aromatic carbocycles. The van der Waals surface area contributed by atoms with Crippen molar-refractivity contribution in [1.82, 2.24) is 24.5 Å². The van der Waals surface area contributed by atoms with Gasteiger partial charge in [-0.05, 0) is 36.8 Å². The van der Waals surface area contributed by atoms with Gasteiger partial charge in [0.05, 0.1) is 19.0 Å². The lowest BCUT2D eigenvalue weighted by Gasteiger charge is -2.40. The number of rotatable bonds is 5. The smallest absolute Gasteiger partial charge is 0.227 e. The van der Waals surface area contributed by atoms with Gasteiger partial charge in [0.15, 0.2) is 11.5 Å². The van der Waals surface area contributed by atoms with Gasteiger partial charge in [0.2, 0.25) is 11.9 Å². The average molecular weight is 493 g/mol. The number of nitrogens with zero attached hydrogens (tertiary/aromatic N) is 6. The quantitative estimate of drug-likeness (QED) is 0.366. The predicted molar refractivity (Wildman–Crippen MR) is 144 cm³/mol. The van der Waals surface area contributed by atoms with Gasteiger partial charge in [-0.25, -0.2) is 9.38 Å². The molecule has 0 N–H and O–H groups in total. The lowest BCUT2D eigenvalue weighted by Crippen LogP contribution is -2.55. The van der Waals surface area contributed by atoms with Gasteiger partial charge in [-0.1, -0.05) is 54.6 Å². The molecule has 186 valence electrons. The molecule has 0 bridgehead atoms. The van der Waals surface area contributed by atoms with Crippen molar-refractivity contribution in [1.29, 1.82) is 0 Å². The van der Waals surface area contributed by atoms with Gasteiger partial charge < -0.3 is 14.5 Å². The first-order chi connectivity index (χ1) is 18.1. The van der Waals surface area contributed by atoms with Crippen LogP contribution in [0.3, 0.4) is 0 Å². The van der Waals surface area contributed by atoms with Crippen molar-refractivity contribution >= 4 is 28.4 Å². The van der Waals surface area contributed by atoms with E-state index in [1.54, 1.807) is 7.11 Å². The third-order valence-corrected chi connectivity index (χ3v) is 6.99. The molecule has 1 fully saturated rings. The Balaban J connectivity index is 1.37. The summed E-state index contributed by atoms with van der Waals surface area (Å²) in [4.78, 5) is 22.4. The number of benzene rings is 3. The van der Waals surface area contributed by atoms with Gasteiger partial charge >= 0.3 is 0 Å². The van der Waals surface area contributed by atoms with E-state index in [-0.39, 0.29) is 11.9 Å². The van der Waals surface area contributed by atoms with E-state index in [2.05, 4.69) is 22.0 Å². The zero-order valence-corrected chi connectivity index (χ0v) is 20.9. The molecule has 1 aliphatic rings. The first-order valence-electron chi connectivity index (χ1n) is 12.5. The van der Waals surface area contributed by atoms with Gasteiger partial charge in [0.1, 0.15) is 5.75 Å². The van der Waals surface area contributed by atoms with E-state index in [4.69, 9.17) is 9.72 Å². The molecule has 0 aliphatic carbocycles. The summed E-state index contributed by atoms with van der Waals surface area (Å²) in [6.45, 7) is 4.06. The number of amides is 1. The highest BCUT2D eigenvalue weighted by Crippen LogP contribution is 2.30. The van der Waals surface area contributed by atoms with Crippen molar-refractivity contribution in [2.24, 2.45) is 0 Å². The minimum absolute atomic E-state index is 0.0324. The van der Waals surface area contributed by atoms with Gasteiger partial charge in [0.25, 0.3) is 0 Å². The van der Waals surface area contributed by atoms with Crippen LogP contribution >= 0.6 is 0 Å². The van der Waals surface area contributed by atoms with Gasteiger partial charge in [-0.15, -0.1) is 10.2 Å². The Bertz CT molecular complexity index is 1580. The van der Waals surface area contributed by atoms with E-state index < -0.39 is 0 Å². The number of methoxy groups -OCH3 is 1. The number of anilines is 1. The monoisotopic (exact) mass is 492 g/mol. The summed E-state index contributed by atoms with van der Waals surface area (Å²) in [6.07, 6.45) is 0.412. The number of para-hydroxylation sites is 1. The normalized spacial score (nSPS) is 15.9. The molecule has 6 rings (SSSR count). The van der Waals surface area contributed by atoms with Gasteiger partial charge in [0, 0.05) is 36.6 Å². The van der Waals surface area contributed by atoms with Crippen LogP contribution in [-0.4, -0.2) is 63.2 Å². The van der Waals surface area contributed by atoms with Crippen LogP contribution in [0.1, 0.15) is 12.5 Å². The van der Waals surface area contributed by atoms with Crippen molar-refractivity contribution in [3.63, 3.8) is 0 Å². The van der Waals surface area contributed by atoms with E-state index in [9.17, 15) is 4.79 Å². The molecule has 0 radical (unpaired) electrons. The van der Waals surface area contributed by atoms with Crippen LogP contribution in [0.4, 0.5) is 5.95 Å². The Labute approximate surface area is 215 Å². The molecular formula is C29H28N6O2. The first kappa shape index (κ1) is 23.0. The summed E-state index contributed by atoms with van der Waals surface area (Å²) in [7, 11) is 1.65.